The van der Waals surface area contributed by atoms with E-state index < -0.39 is 39.6 Å². The maximum atomic E-state index is 12.1. The first kappa shape index (κ1) is 88.4. The molecule has 0 N–H and O–H groups in total. The lowest BCUT2D eigenvalue weighted by atomic mass is 9.49. The Balaban J connectivity index is 0.000000406. The molecule has 0 aromatic carbocycles. The van der Waals surface area contributed by atoms with Crippen molar-refractivity contribution in [1.29, 1.82) is 0 Å². The largest absolute Gasteiger partial charge is 0.456 e. The number of ether oxygens (including phenoxy) is 6. The highest BCUT2D eigenvalue weighted by Gasteiger charge is 2.60. The summed E-state index contributed by atoms with van der Waals surface area (Å²) in [5.41, 5.74) is -1.14. The molecule has 8 rings (SSSR count). The van der Waals surface area contributed by atoms with Gasteiger partial charge in [-0.25, -0.2) is 28.8 Å². The number of esters is 6. The highest BCUT2D eigenvalue weighted by atomic mass is 16.6. The van der Waals surface area contributed by atoms with Crippen molar-refractivity contribution >= 4 is 70.5 Å². The van der Waals surface area contributed by atoms with Crippen LogP contribution < -0.4 is 0 Å². The molecule has 4 bridgehead atoms. The average molecular weight is 1390 g/mol. The molecule has 0 spiro atoms. The summed E-state index contributed by atoms with van der Waals surface area (Å²) in [6.45, 7) is 44.0. The number of rotatable bonds is 24. The third-order valence-corrected chi connectivity index (χ3v) is 19.5. The predicted octanol–water partition coefficient (Wildman–Crippen LogP) is 17.1. The third-order valence-electron chi connectivity index (χ3n) is 19.5. The second-order valence-electron chi connectivity index (χ2n) is 31.0. The first-order chi connectivity index (χ1) is 46.0. The lowest BCUT2D eigenvalue weighted by Crippen LogP contribution is -2.60. The second kappa shape index (κ2) is 41.3. The van der Waals surface area contributed by atoms with Gasteiger partial charge in [0.25, 0.3) is 0 Å². The molecule has 18 nitrogen and oxygen atoms in total. The number of hydrogen-bond donors (Lipinski definition) is 0. The quantitative estimate of drug-likeness (QED) is 0.0376. The maximum absolute atomic E-state index is 12.1. The topological polar surface area (TPSA) is 260 Å². The van der Waals surface area contributed by atoms with E-state index in [1.54, 1.807) is 83.1 Å². The van der Waals surface area contributed by atoms with Gasteiger partial charge in [-0.2, -0.15) is 0 Å². The Labute approximate surface area is 592 Å². The fourth-order valence-electron chi connectivity index (χ4n) is 15.4. The van der Waals surface area contributed by atoms with Gasteiger partial charge in [-0.1, -0.05) is 78.0 Å². The predicted molar refractivity (Wildman–Crippen MR) is 384 cm³/mol. The van der Waals surface area contributed by atoms with E-state index in [2.05, 4.69) is 39.5 Å². The van der Waals surface area contributed by atoms with Crippen LogP contribution in [0.2, 0.25) is 0 Å². The maximum Gasteiger partial charge on any atom is 0.333 e. The number of ketones is 6. The smallest absolute Gasteiger partial charge is 0.333 e. The Morgan fingerprint density at radius 3 is 0.727 bits per heavy atom. The van der Waals surface area contributed by atoms with E-state index in [-0.39, 0.29) is 71.0 Å². The van der Waals surface area contributed by atoms with Crippen LogP contribution in [0, 0.1) is 23.7 Å². The zero-order valence-electron chi connectivity index (χ0n) is 63.2. The minimum atomic E-state index is -0.734. The molecular weight excluding hydrogens is 1260 g/mol. The van der Waals surface area contributed by atoms with E-state index in [9.17, 15) is 57.5 Å². The van der Waals surface area contributed by atoms with Gasteiger partial charge < -0.3 is 28.4 Å². The molecule has 8 aliphatic rings. The van der Waals surface area contributed by atoms with E-state index in [0.717, 1.165) is 172 Å². The molecule has 0 aromatic heterocycles. The summed E-state index contributed by atoms with van der Waals surface area (Å²) in [6.07, 6.45) is 29.4. The molecule has 8 aliphatic carbocycles. The molecule has 0 unspecified atom stereocenters. The molecule has 18 heteroatoms. The lowest BCUT2D eigenvalue weighted by molar-refractivity contribution is -0.208. The number of Topliss-reactive ketones (excluding diaryl/α,β-unsaturated/α-hetero) is 6. The van der Waals surface area contributed by atoms with E-state index in [1.165, 1.54) is 26.7 Å². The molecule has 99 heavy (non-hydrogen) atoms. The van der Waals surface area contributed by atoms with Crippen LogP contribution in [0.25, 0.3) is 0 Å². The van der Waals surface area contributed by atoms with Gasteiger partial charge in [0, 0.05) is 83.8 Å². The monoisotopic (exact) mass is 1380 g/mol. The van der Waals surface area contributed by atoms with Crippen LogP contribution in [0.15, 0.2) is 72.9 Å². The van der Waals surface area contributed by atoms with Crippen molar-refractivity contribution in [3.63, 3.8) is 0 Å². The molecule has 0 radical (unpaired) electrons. The number of carbonyl (C=O) groups excluding carboxylic acids is 12. The molecule has 556 valence electrons. The fraction of sp³-hybridized carbons (Fsp3) is 0.704. The summed E-state index contributed by atoms with van der Waals surface area (Å²) < 4.78 is 33.1. The summed E-state index contributed by atoms with van der Waals surface area (Å²) in [4.78, 5) is 137. The third kappa shape index (κ3) is 31.8. The Kier molecular flexibility index (Phi) is 36.8. The van der Waals surface area contributed by atoms with Crippen LogP contribution in [0.5, 0.6) is 0 Å². The zero-order chi connectivity index (χ0) is 75.3. The van der Waals surface area contributed by atoms with Crippen molar-refractivity contribution in [3.8, 4) is 0 Å². The van der Waals surface area contributed by atoms with Gasteiger partial charge in [0.05, 0.1) is 0 Å². The zero-order valence-corrected chi connectivity index (χ0v) is 63.2. The Morgan fingerprint density at radius 2 is 0.505 bits per heavy atom. The van der Waals surface area contributed by atoms with Crippen LogP contribution in [0.4, 0.5) is 0 Å². The van der Waals surface area contributed by atoms with Gasteiger partial charge in [-0.15, -0.1) is 0 Å². The summed E-state index contributed by atoms with van der Waals surface area (Å²) in [5, 5.41) is 0. The molecule has 0 aliphatic heterocycles. The highest BCUT2D eigenvalue weighted by molar-refractivity contribution is 5.91. The van der Waals surface area contributed by atoms with Gasteiger partial charge in [0.2, 0.25) is 0 Å². The molecule has 8 saturated carbocycles. The fourth-order valence-corrected chi connectivity index (χ4v) is 15.4. The van der Waals surface area contributed by atoms with E-state index in [0.29, 0.717) is 77.4 Å². The standard InChI is InChI=1S/C17H24O3.C15H24O3.C14H22O3.C13H20O3.C12H18O3.C10H16O3/c1-10(2)16(19)20-17(9-11(3)18)14-5-12-4-13(7-14)8-15(17)6-12;1-12(2)14(17)18-15(11-13(3)16)9-7-5-4-6-8-10-15;1-11(2)13(16)17-14(10-12(3)15)8-6-4-5-7-9-14;1-10(2)12(15)16-13(9-11(3)14)7-5-4-6-8-13;1-9(2)11(14)15-12(8-10(3)13)6-4-5-7-12;1-7(2)9(12)13-10(4,5)6-8(3)11/h12-15H,1,4-9H2,2-3H3;1,4-11H2,2-3H3;1,4-10H2,2-3H3;1,4-9H2,2-3H3;1,4-8H2,2-3H3;1,6H2,2-5H3. The van der Waals surface area contributed by atoms with Crippen LogP contribution in [0.3, 0.4) is 0 Å². The minimum absolute atomic E-state index is 0.000449. The van der Waals surface area contributed by atoms with E-state index in [4.69, 9.17) is 28.4 Å². The average Bonchev–Trinajstić information content (AvgIpc) is 1.46. The normalized spacial score (nSPS) is 22.5. The molecule has 0 heterocycles. The van der Waals surface area contributed by atoms with Crippen molar-refractivity contribution in [2.24, 2.45) is 23.7 Å². The Hall–Kier alpha value is -6.72. The summed E-state index contributed by atoms with van der Waals surface area (Å²) in [7, 11) is 0. The number of carbonyl (C=O) groups is 12. The first-order valence-electron chi connectivity index (χ1n) is 36.3. The van der Waals surface area contributed by atoms with Gasteiger partial charge in [-0.3, -0.25) is 28.8 Å². The SMILES string of the molecule is C=C(C)C(=O)OC(C)(C)CC(C)=O.C=C(C)C(=O)OC1(CC(C)=O)C2CC3CC(C2)CC1C3.C=C(C)C(=O)OC1(CC(C)=O)CCCC1.C=C(C)C(=O)OC1(CC(C)=O)CCCCC1.C=C(C)C(=O)OC1(CC(C)=O)CCCCCC1.C=C(C)C(=O)OC1(CC(C)=O)CCCCCCC1. The Bertz CT molecular complexity index is 2890. The molecule has 0 aromatic rings. The van der Waals surface area contributed by atoms with Crippen LogP contribution >= 0.6 is 0 Å². The van der Waals surface area contributed by atoms with E-state index >= 15 is 0 Å². The molecule has 8 fully saturated rings. The molecule has 0 atom stereocenters. The molecular formula is C81H124O18. The second-order valence-corrected chi connectivity index (χ2v) is 31.0. The Morgan fingerprint density at radius 1 is 0.293 bits per heavy atom. The van der Waals surface area contributed by atoms with Crippen molar-refractivity contribution in [2.45, 2.75) is 342 Å². The summed E-state index contributed by atoms with van der Waals surface area (Å²) >= 11 is 0. The molecule has 0 saturated heterocycles. The van der Waals surface area contributed by atoms with E-state index in [1.807, 2.05) is 0 Å². The molecule has 0 amide bonds. The van der Waals surface area contributed by atoms with Gasteiger partial charge >= 0.3 is 35.8 Å². The summed E-state index contributed by atoms with van der Waals surface area (Å²) in [6, 6.07) is 0. The minimum Gasteiger partial charge on any atom is -0.456 e. The lowest BCUT2D eigenvalue weighted by Gasteiger charge is -2.60. The van der Waals surface area contributed by atoms with Gasteiger partial charge in [0.1, 0.15) is 68.3 Å². The van der Waals surface area contributed by atoms with Crippen LogP contribution in [0.1, 0.15) is 309 Å². The first-order valence-corrected chi connectivity index (χ1v) is 36.3. The van der Waals surface area contributed by atoms with Gasteiger partial charge in [-0.05, 0) is 244 Å². The van der Waals surface area contributed by atoms with Crippen molar-refractivity contribution in [1.82, 2.24) is 0 Å². The summed E-state index contributed by atoms with van der Waals surface area (Å²) in [5.74, 6) is 0.552. The van der Waals surface area contributed by atoms with Crippen molar-refractivity contribution in [3.05, 3.63) is 72.9 Å². The van der Waals surface area contributed by atoms with Crippen LogP contribution in [-0.4, -0.2) is 104 Å². The highest BCUT2D eigenvalue weighted by Crippen LogP contribution is 2.61. The number of hydrogen-bond acceptors (Lipinski definition) is 18. The van der Waals surface area contributed by atoms with Crippen molar-refractivity contribution in [2.75, 3.05) is 0 Å². The van der Waals surface area contributed by atoms with Crippen molar-refractivity contribution < 1.29 is 86.0 Å². The van der Waals surface area contributed by atoms with Crippen LogP contribution in [-0.2, 0) is 86.0 Å². The van der Waals surface area contributed by atoms with Gasteiger partial charge in [0.15, 0.2) is 0 Å².